The van der Waals surface area contributed by atoms with Gasteiger partial charge in [-0.2, -0.15) is 11.3 Å². The molecule has 3 nitrogen and oxygen atoms in total. The van der Waals surface area contributed by atoms with Crippen LogP contribution in [0.2, 0.25) is 0 Å². The molecule has 2 aromatic heterocycles. The zero-order chi connectivity index (χ0) is 15.1. The Morgan fingerprint density at radius 1 is 1.43 bits per heavy atom. The smallest absolute Gasteiger partial charge is 0.262 e. The standard InChI is InChI=1S/C16H17NO2S2/c1-12(10-13-5-8-20-11-13)17-16(19)15-14(6-9-21-15)4-2-3-7-18/h5-6,8-9,11-12,18H,3,7,10H2,1H3,(H,17,19). The molecule has 2 heterocycles. The molecule has 0 aliphatic carbocycles. The highest BCUT2D eigenvalue weighted by molar-refractivity contribution is 7.12. The first-order valence-corrected chi connectivity index (χ1v) is 8.52. The van der Waals surface area contributed by atoms with Crippen molar-refractivity contribution in [2.45, 2.75) is 25.8 Å². The second kappa shape index (κ2) is 7.99. The molecule has 5 heteroatoms. The number of amides is 1. The quantitative estimate of drug-likeness (QED) is 0.833. The highest BCUT2D eigenvalue weighted by Crippen LogP contribution is 2.16. The van der Waals surface area contributed by atoms with E-state index in [4.69, 9.17) is 5.11 Å². The molecule has 2 aromatic rings. The summed E-state index contributed by atoms with van der Waals surface area (Å²) in [7, 11) is 0. The maximum atomic E-state index is 12.3. The van der Waals surface area contributed by atoms with Crippen molar-refractivity contribution in [1.82, 2.24) is 5.32 Å². The van der Waals surface area contributed by atoms with Crippen LogP contribution in [0, 0.1) is 11.8 Å². The maximum absolute atomic E-state index is 12.3. The molecule has 0 aliphatic rings. The minimum atomic E-state index is -0.0824. The third kappa shape index (κ3) is 4.71. The Morgan fingerprint density at radius 3 is 3.00 bits per heavy atom. The Morgan fingerprint density at radius 2 is 2.29 bits per heavy atom. The first-order valence-electron chi connectivity index (χ1n) is 6.70. The molecule has 0 spiro atoms. The number of aliphatic hydroxyl groups excluding tert-OH is 1. The van der Waals surface area contributed by atoms with Gasteiger partial charge in [-0.1, -0.05) is 11.8 Å². The van der Waals surface area contributed by atoms with Crippen molar-refractivity contribution in [3.63, 3.8) is 0 Å². The highest BCUT2D eigenvalue weighted by atomic mass is 32.1. The lowest BCUT2D eigenvalue weighted by molar-refractivity contribution is 0.0944. The van der Waals surface area contributed by atoms with E-state index in [0.29, 0.717) is 11.3 Å². The van der Waals surface area contributed by atoms with Gasteiger partial charge in [-0.3, -0.25) is 4.79 Å². The minimum Gasteiger partial charge on any atom is -0.395 e. The predicted octanol–water partition coefficient (Wildman–Crippen LogP) is 2.90. The van der Waals surface area contributed by atoms with Crippen molar-refractivity contribution in [2.75, 3.05) is 6.61 Å². The third-order valence-corrected chi connectivity index (χ3v) is 4.48. The van der Waals surface area contributed by atoms with Gasteiger partial charge in [0.05, 0.1) is 6.61 Å². The van der Waals surface area contributed by atoms with E-state index in [9.17, 15) is 4.79 Å². The number of carbonyl (C=O) groups excluding carboxylic acids is 1. The maximum Gasteiger partial charge on any atom is 0.262 e. The molecular formula is C16H17NO2S2. The second-order valence-electron chi connectivity index (χ2n) is 4.65. The Hall–Kier alpha value is -1.61. The van der Waals surface area contributed by atoms with Gasteiger partial charge in [0.15, 0.2) is 0 Å². The van der Waals surface area contributed by atoms with E-state index in [1.165, 1.54) is 16.9 Å². The summed E-state index contributed by atoms with van der Waals surface area (Å²) in [6.07, 6.45) is 1.25. The molecule has 2 N–H and O–H groups in total. The molecular weight excluding hydrogens is 302 g/mol. The normalized spacial score (nSPS) is 11.5. The number of hydrogen-bond acceptors (Lipinski definition) is 4. The van der Waals surface area contributed by atoms with E-state index in [2.05, 4.69) is 28.6 Å². The SMILES string of the molecule is CC(Cc1ccsc1)NC(=O)c1sccc1C#CCCO. The van der Waals surface area contributed by atoms with E-state index in [0.717, 1.165) is 12.0 Å². The third-order valence-electron chi connectivity index (χ3n) is 2.83. The number of rotatable bonds is 5. The van der Waals surface area contributed by atoms with E-state index in [-0.39, 0.29) is 18.6 Å². The zero-order valence-corrected chi connectivity index (χ0v) is 13.4. The van der Waals surface area contributed by atoms with Crippen LogP contribution in [0.4, 0.5) is 0 Å². The Balaban J connectivity index is 1.97. The van der Waals surface area contributed by atoms with Gasteiger partial charge in [0.25, 0.3) is 5.91 Å². The van der Waals surface area contributed by atoms with Gasteiger partial charge in [-0.25, -0.2) is 0 Å². The lowest BCUT2D eigenvalue weighted by atomic mass is 10.1. The van der Waals surface area contributed by atoms with Crippen LogP contribution in [-0.2, 0) is 6.42 Å². The Bertz CT molecular complexity index is 635. The summed E-state index contributed by atoms with van der Waals surface area (Å²) >= 11 is 3.05. The van der Waals surface area contributed by atoms with Gasteiger partial charge >= 0.3 is 0 Å². The summed E-state index contributed by atoms with van der Waals surface area (Å²) in [4.78, 5) is 12.9. The van der Waals surface area contributed by atoms with Crippen molar-refractivity contribution >= 4 is 28.6 Å². The van der Waals surface area contributed by atoms with Crippen molar-refractivity contribution in [1.29, 1.82) is 0 Å². The zero-order valence-electron chi connectivity index (χ0n) is 11.8. The summed E-state index contributed by atoms with van der Waals surface area (Å²) in [5, 5.41) is 17.7. The van der Waals surface area contributed by atoms with Crippen LogP contribution in [0.3, 0.4) is 0 Å². The average molecular weight is 319 g/mol. The molecule has 21 heavy (non-hydrogen) atoms. The monoisotopic (exact) mass is 319 g/mol. The molecule has 0 radical (unpaired) electrons. The van der Waals surface area contributed by atoms with Crippen molar-refractivity contribution in [3.8, 4) is 11.8 Å². The van der Waals surface area contributed by atoms with Gasteiger partial charge in [-0.15, -0.1) is 11.3 Å². The number of nitrogens with one attached hydrogen (secondary N) is 1. The van der Waals surface area contributed by atoms with Crippen LogP contribution in [0.15, 0.2) is 28.3 Å². The first kappa shape index (κ1) is 15.8. The molecule has 0 aromatic carbocycles. The second-order valence-corrected chi connectivity index (χ2v) is 6.35. The topological polar surface area (TPSA) is 49.3 Å². The van der Waals surface area contributed by atoms with Crippen LogP contribution >= 0.6 is 22.7 Å². The minimum absolute atomic E-state index is 0.0380. The van der Waals surface area contributed by atoms with Gasteiger partial charge in [-0.05, 0) is 47.2 Å². The Labute approximate surface area is 132 Å². The molecule has 0 saturated heterocycles. The van der Waals surface area contributed by atoms with Crippen LogP contribution in [0.5, 0.6) is 0 Å². The number of hydrogen-bond donors (Lipinski definition) is 2. The molecule has 1 atom stereocenters. The molecule has 0 saturated carbocycles. The average Bonchev–Trinajstić information content (AvgIpc) is 3.10. The molecule has 0 fully saturated rings. The van der Waals surface area contributed by atoms with Crippen molar-refractivity contribution in [2.24, 2.45) is 0 Å². The van der Waals surface area contributed by atoms with Crippen molar-refractivity contribution in [3.05, 3.63) is 44.3 Å². The number of carbonyl (C=O) groups is 1. The number of thiophene rings is 2. The highest BCUT2D eigenvalue weighted by Gasteiger charge is 2.14. The van der Waals surface area contributed by atoms with Gasteiger partial charge in [0.2, 0.25) is 0 Å². The summed E-state index contributed by atoms with van der Waals surface area (Å²) in [6.45, 7) is 2.04. The van der Waals surface area contributed by atoms with Gasteiger partial charge in [0, 0.05) is 18.0 Å². The van der Waals surface area contributed by atoms with Crippen LogP contribution in [-0.4, -0.2) is 23.7 Å². The Kier molecular flexibility index (Phi) is 6.00. The summed E-state index contributed by atoms with van der Waals surface area (Å²) in [5.74, 6) is 5.70. The fourth-order valence-electron chi connectivity index (χ4n) is 1.90. The molecule has 2 rings (SSSR count). The molecule has 0 bridgehead atoms. The molecule has 110 valence electrons. The van der Waals surface area contributed by atoms with Gasteiger partial charge < -0.3 is 10.4 Å². The largest absolute Gasteiger partial charge is 0.395 e. The van der Waals surface area contributed by atoms with Crippen molar-refractivity contribution < 1.29 is 9.90 Å². The molecule has 1 amide bonds. The van der Waals surface area contributed by atoms with E-state index in [1.54, 1.807) is 11.3 Å². The lowest BCUT2D eigenvalue weighted by Gasteiger charge is -2.12. The van der Waals surface area contributed by atoms with Crippen LogP contribution in [0.25, 0.3) is 0 Å². The van der Waals surface area contributed by atoms with E-state index in [1.807, 2.05) is 23.8 Å². The summed E-state index contributed by atoms with van der Waals surface area (Å²) in [5.41, 5.74) is 1.97. The predicted molar refractivity (Wildman–Crippen MR) is 87.9 cm³/mol. The van der Waals surface area contributed by atoms with Gasteiger partial charge in [0.1, 0.15) is 4.88 Å². The molecule has 0 aliphatic heterocycles. The molecule has 1 unspecified atom stereocenters. The summed E-state index contributed by atoms with van der Waals surface area (Å²) < 4.78 is 0. The first-order chi connectivity index (χ1) is 10.2. The van der Waals surface area contributed by atoms with E-state index >= 15 is 0 Å². The fourth-order valence-corrected chi connectivity index (χ4v) is 3.33. The lowest BCUT2D eigenvalue weighted by Crippen LogP contribution is -2.33. The number of aliphatic hydroxyl groups is 1. The van der Waals surface area contributed by atoms with E-state index < -0.39 is 0 Å². The summed E-state index contributed by atoms with van der Waals surface area (Å²) in [6, 6.07) is 3.99. The van der Waals surface area contributed by atoms with Crippen LogP contribution in [0.1, 0.15) is 34.1 Å². The van der Waals surface area contributed by atoms with Crippen LogP contribution < -0.4 is 5.32 Å². The fraction of sp³-hybridized carbons (Fsp3) is 0.312.